The fraction of sp³-hybridized carbons (Fsp3) is 0.231. The van der Waals surface area contributed by atoms with Crippen molar-refractivity contribution in [2.75, 3.05) is 0 Å². The molecule has 18 heavy (non-hydrogen) atoms. The van der Waals surface area contributed by atoms with Gasteiger partial charge < -0.3 is 11.5 Å². The van der Waals surface area contributed by atoms with E-state index in [0.29, 0.717) is 5.56 Å². The van der Waals surface area contributed by atoms with E-state index < -0.39 is 5.91 Å². The zero-order chi connectivity index (χ0) is 13.1. The van der Waals surface area contributed by atoms with Crippen LogP contribution < -0.4 is 11.5 Å². The SMILES string of the molecule is CC(N)Cc1ccc(-n2cc(C(N)=O)cn2)cc1. The smallest absolute Gasteiger partial charge is 0.251 e. The Balaban J connectivity index is 2.20. The summed E-state index contributed by atoms with van der Waals surface area (Å²) < 4.78 is 1.62. The molecule has 94 valence electrons. The Morgan fingerprint density at radius 2 is 2.06 bits per heavy atom. The van der Waals surface area contributed by atoms with Crippen molar-refractivity contribution >= 4 is 5.91 Å². The molecule has 5 heteroatoms. The molecule has 0 saturated heterocycles. The highest BCUT2D eigenvalue weighted by Gasteiger charge is 2.05. The Hall–Kier alpha value is -2.14. The molecule has 2 aromatic rings. The van der Waals surface area contributed by atoms with Crippen molar-refractivity contribution in [3.8, 4) is 5.69 Å². The van der Waals surface area contributed by atoms with E-state index in [2.05, 4.69) is 5.10 Å². The molecule has 0 radical (unpaired) electrons. The van der Waals surface area contributed by atoms with Crippen LogP contribution in [-0.4, -0.2) is 21.7 Å². The molecule has 1 aromatic carbocycles. The van der Waals surface area contributed by atoms with Crippen molar-refractivity contribution in [1.29, 1.82) is 0 Å². The summed E-state index contributed by atoms with van der Waals surface area (Å²) in [5, 5.41) is 4.09. The quantitative estimate of drug-likeness (QED) is 0.836. The largest absolute Gasteiger partial charge is 0.366 e. The average Bonchev–Trinajstić information content (AvgIpc) is 2.78. The van der Waals surface area contributed by atoms with E-state index in [0.717, 1.165) is 12.1 Å². The van der Waals surface area contributed by atoms with Crippen molar-refractivity contribution in [3.63, 3.8) is 0 Å². The maximum absolute atomic E-state index is 11.0. The number of primary amides is 1. The van der Waals surface area contributed by atoms with Gasteiger partial charge in [-0.05, 0) is 31.0 Å². The summed E-state index contributed by atoms with van der Waals surface area (Å²) in [7, 11) is 0. The zero-order valence-electron chi connectivity index (χ0n) is 10.2. The molecule has 0 aliphatic rings. The van der Waals surface area contributed by atoms with Crippen LogP contribution in [0.15, 0.2) is 36.7 Å². The number of hydrogen-bond acceptors (Lipinski definition) is 3. The van der Waals surface area contributed by atoms with Gasteiger partial charge in [0.05, 0.1) is 17.4 Å². The van der Waals surface area contributed by atoms with E-state index in [4.69, 9.17) is 11.5 Å². The van der Waals surface area contributed by atoms with Crippen LogP contribution in [0.4, 0.5) is 0 Å². The van der Waals surface area contributed by atoms with Gasteiger partial charge in [-0.25, -0.2) is 4.68 Å². The predicted molar refractivity (Wildman–Crippen MR) is 69.4 cm³/mol. The molecule has 0 bridgehead atoms. The minimum absolute atomic E-state index is 0.141. The monoisotopic (exact) mass is 244 g/mol. The number of rotatable bonds is 4. The second-order valence-corrected chi connectivity index (χ2v) is 4.39. The maximum Gasteiger partial charge on any atom is 0.251 e. The number of benzene rings is 1. The van der Waals surface area contributed by atoms with Crippen LogP contribution in [0.1, 0.15) is 22.8 Å². The normalized spacial score (nSPS) is 12.3. The third kappa shape index (κ3) is 2.75. The first kappa shape index (κ1) is 12.3. The van der Waals surface area contributed by atoms with Crippen molar-refractivity contribution in [3.05, 3.63) is 47.8 Å². The number of nitrogens with zero attached hydrogens (tertiary/aromatic N) is 2. The van der Waals surface area contributed by atoms with Gasteiger partial charge in [-0.1, -0.05) is 12.1 Å². The van der Waals surface area contributed by atoms with E-state index in [9.17, 15) is 4.79 Å². The minimum atomic E-state index is -0.477. The molecule has 1 amide bonds. The molecule has 5 nitrogen and oxygen atoms in total. The molecule has 0 aliphatic heterocycles. The fourth-order valence-corrected chi connectivity index (χ4v) is 1.75. The molecule has 1 heterocycles. The lowest BCUT2D eigenvalue weighted by atomic mass is 10.1. The first-order valence-electron chi connectivity index (χ1n) is 5.75. The van der Waals surface area contributed by atoms with Crippen molar-refractivity contribution in [2.45, 2.75) is 19.4 Å². The van der Waals surface area contributed by atoms with Crippen molar-refractivity contribution in [1.82, 2.24) is 9.78 Å². The molecule has 1 unspecified atom stereocenters. The van der Waals surface area contributed by atoms with E-state index in [-0.39, 0.29) is 6.04 Å². The van der Waals surface area contributed by atoms with Gasteiger partial charge in [0.15, 0.2) is 0 Å². The Bertz CT molecular complexity index is 542. The fourth-order valence-electron chi connectivity index (χ4n) is 1.75. The lowest BCUT2D eigenvalue weighted by Crippen LogP contribution is -2.17. The van der Waals surface area contributed by atoms with Gasteiger partial charge in [0.25, 0.3) is 5.91 Å². The number of carbonyl (C=O) groups is 1. The maximum atomic E-state index is 11.0. The second kappa shape index (κ2) is 5.01. The third-order valence-corrected chi connectivity index (χ3v) is 2.63. The number of amides is 1. The van der Waals surface area contributed by atoms with Gasteiger partial charge >= 0.3 is 0 Å². The molecule has 0 spiro atoms. The van der Waals surface area contributed by atoms with Crippen LogP contribution >= 0.6 is 0 Å². The number of aromatic nitrogens is 2. The van der Waals surface area contributed by atoms with Gasteiger partial charge in [-0.15, -0.1) is 0 Å². The standard InChI is InChI=1S/C13H16N4O/c1-9(14)6-10-2-4-12(5-3-10)17-8-11(7-16-17)13(15)18/h2-5,7-9H,6,14H2,1H3,(H2,15,18). The number of carbonyl (C=O) groups excluding carboxylic acids is 1. The lowest BCUT2D eigenvalue weighted by molar-refractivity contribution is 0.100. The van der Waals surface area contributed by atoms with Gasteiger partial charge in [-0.2, -0.15) is 5.10 Å². The predicted octanol–water partition coefficient (Wildman–Crippen LogP) is 0.861. The molecule has 2 rings (SSSR count). The van der Waals surface area contributed by atoms with E-state index in [1.54, 1.807) is 10.9 Å². The summed E-state index contributed by atoms with van der Waals surface area (Å²) in [4.78, 5) is 11.0. The van der Waals surface area contributed by atoms with Crippen LogP contribution in [0.25, 0.3) is 5.69 Å². The molecule has 0 aliphatic carbocycles. The van der Waals surface area contributed by atoms with E-state index in [1.165, 1.54) is 11.8 Å². The molecule has 1 aromatic heterocycles. The summed E-state index contributed by atoms with van der Waals surface area (Å²) in [6, 6.07) is 8.03. The Kier molecular flexibility index (Phi) is 3.43. The molecule has 1 atom stereocenters. The second-order valence-electron chi connectivity index (χ2n) is 4.39. The topological polar surface area (TPSA) is 86.9 Å². The highest BCUT2D eigenvalue weighted by atomic mass is 16.1. The van der Waals surface area contributed by atoms with Crippen LogP contribution in [0.3, 0.4) is 0 Å². The molecule has 4 N–H and O–H groups in total. The van der Waals surface area contributed by atoms with Gasteiger partial charge in [0.2, 0.25) is 0 Å². The van der Waals surface area contributed by atoms with Crippen molar-refractivity contribution < 1.29 is 4.79 Å². The Morgan fingerprint density at radius 3 is 2.56 bits per heavy atom. The van der Waals surface area contributed by atoms with Crippen molar-refractivity contribution in [2.24, 2.45) is 11.5 Å². The first-order chi connectivity index (χ1) is 8.56. The Morgan fingerprint density at radius 1 is 1.39 bits per heavy atom. The summed E-state index contributed by atoms with van der Waals surface area (Å²) in [5.41, 5.74) is 13.4. The van der Waals surface area contributed by atoms with Crippen LogP contribution in [0.2, 0.25) is 0 Å². The summed E-state index contributed by atoms with van der Waals surface area (Å²) in [6.45, 7) is 1.97. The highest BCUT2D eigenvalue weighted by Crippen LogP contribution is 2.11. The van der Waals surface area contributed by atoms with Gasteiger partial charge in [0.1, 0.15) is 0 Å². The van der Waals surface area contributed by atoms with E-state index in [1.807, 2.05) is 31.2 Å². The molecule has 0 fully saturated rings. The highest BCUT2D eigenvalue weighted by molar-refractivity contribution is 5.92. The van der Waals surface area contributed by atoms with Crippen LogP contribution in [0.5, 0.6) is 0 Å². The molecular formula is C13H16N4O. The van der Waals surface area contributed by atoms with Gasteiger partial charge in [0, 0.05) is 12.2 Å². The first-order valence-corrected chi connectivity index (χ1v) is 5.75. The number of nitrogens with two attached hydrogens (primary N) is 2. The lowest BCUT2D eigenvalue weighted by Gasteiger charge is -2.06. The summed E-state index contributed by atoms with van der Waals surface area (Å²) in [6.07, 6.45) is 3.91. The van der Waals surface area contributed by atoms with E-state index >= 15 is 0 Å². The summed E-state index contributed by atoms with van der Waals surface area (Å²) >= 11 is 0. The average molecular weight is 244 g/mol. The Labute approximate surface area is 105 Å². The summed E-state index contributed by atoms with van der Waals surface area (Å²) in [5.74, 6) is -0.477. The van der Waals surface area contributed by atoms with Crippen LogP contribution in [-0.2, 0) is 6.42 Å². The van der Waals surface area contributed by atoms with Crippen LogP contribution in [0, 0.1) is 0 Å². The van der Waals surface area contributed by atoms with Gasteiger partial charge in [-0.3, -0.25) is 4.79 Å². The zero-order valence-corrected chi connectivity index (χ0v) is 10.2. The third-order valence-electron chi connectivity index (χ3n) is 2.63. The minimum Gasteiger partial charge on any atom is -0.366 e. The number of hydrogen-bond donors (Lipinski definition) is 2. The molecule has 0 saturated carbocycles. The molecular weight excluding hydrogens is 228 g/mol.